The molecule has 0 amide bonds. The highest BCUT2D eigenvalue weighted by atomic mass is 16.6. The second-order valence-corrected chi connectivity index (χ2v) is 10.8. The molecule has 0 aromatic carbocycles. The molecule has 12 unspecified atom stereocenters. The number of esters is 3. The fraction of sp³-hybridized carbons (Fsp3) is 0.800. The highest BCUT2D eigenvalue weighted by Gasteiger charge is 2.74. The van der Waals surface area contributed by atoms with E-state index in [2.05, 4.69) is 0 Å². The third kappa shape index (κ3) is 4.05. The van der Waals surface area contributed by atoms with Crippen LogP contribution in [0.15, 0.2) is 11.6 Å². The molecule has 36 heavy (non-hydrogen) atoms. The normalized spacial score (nSPS) is 47.9. The van der Waals surface area contributed by atoms with Crippen LogP contribution in [0.1, 0.15) is 41.0 Å². The van der Waals surface area contributed by atoms with E-state index in [0.29, 0.717) is 5.57 Å². The Morgan fingerprint density at radius 2 is 1.81 bits per heavy atom. The van der Waals surface area contributed by atoms with Gasteiger partial charge in [-0.05, 0) is 24.5 Å². The molecular formula is C25H36O11. The number of aliphatic hydroxyl groups excluding tert-OH is 2. The Morgan fingerprint density at radius 1 is 1.17 bits per heavy atom. The first kappa shape index (κ1) is 27.0. The van der Waals surface area contributed by atoms with Crippen LogP contribution in [0.5, 0.6) is 0 Å². The molecule has 0 bridgehead atoms. The molecule has 3 N–H and O–H groups in total. The molecule has 11 nitrogen and oxygen atoms in total. The van der Waals surface area contributed by atoms with Crippen molar-refractivity contribution in [2.24, 2.45) is 23.2 Å². The number of ether oxygens (including phenoxy) is 5. The fourth-order valence-corrected chi connectivity index (χ4v) is 6.72. The molecule has 0 radical (unpaired) electrons. The molecule has 2 heterocycles. The van der Waals surface area contributed by atoms with Gasteiger partial charge in [0.2, 0.25) is 0 Å². The van der Waals surface area contributed by atoms with Crippen molar-refractivity contribution in [3.8, 4) is 0 Å². The van der Waals surface area contributed by atoms with E-state index >= 15 is 0 Å². The minimum absolute atomic E-state index is 0.0531. The summed E-state index contributed by atoms with van der Waals surface area (Å²) in [4.78, 5) is 37.4. The maximum Gasteiger partial charge on any atom is 0.312 e. The van der Waals surface area contributed by atoms with Gasteiger partial charge in [0.15, 0.2) is 11.7 Å². The number of carbonyl (C=O) groups excluding carboxylic acids is 3. The molecule has 12 atom stereocenters. The molecule has 2 aliphatic carbocycles. The lowest BCUT2D eigenvalue weighted by molar-refractivity contribution is -0.222. The summed E-state index contributed by atoms with van der Waals surface area (Å²) < 4.78 is 28.3. The molecule has 4 aliphatic rings. The predicted molar refractivity (Wildman–Crippen MR) is 121 cm³/mol. The minimum Gasteiger partial charge on any atom is -0.462 e. The molecule has 4 rings (SSSR count). The van der Waals surface area contributed by atoms with E-state index in [1.807, 2.05) is 0 Å². The van der Waals surface area contributed by atoms with E-state index < -0.39 is 89.4 Å². The molecule has 0 spiro atoms. The highest BCUT2D eigenvalue weighted by molar-refractivity contribution is 5.77. The van der Waals surface area contributed by atoms with E-state index in [-0.39, 0.29) is 13.0 Å². The zero-order valence-electron chi connectivity index (χ0n) is 21.4. The molecule has 3 fully saturated rings. The first-order valence-electron chi connectivity index (χ1n) is 12.3. The van der Waals surface area contributed by atoms with Crippen LogP contribution < -0.4 is 0 Å². The second kappa shape index (κ2) is 9.36. The van der Waals surface area contributed by atoms with Gasteiger partial charge in [0.1, 0.15) is 18.3 Å². The van der Waals surface area contributed by atoms with Crippen molar-refractivity contribution in [3.05, 3.63) is 11.6 Å². The van der Waals surface area contributed by atoms with Gasteiger partial charge in [0.25, 0.3) is 0 Å². The largest absolute Gasteiger partial charge is 0.462 e. The Balaban J connectivity index is 1.99. The van der Waals surface area contributed by atoms with Gasteiger partial charge in [-0.1, -0.05) is 13.8 Å². The lowest BCUT2D eigenvalue weighted by Crippen LogP contribution is -2.67. The van der Waals surface area contributed by atoms with Crippen molar-refractivity contribution in [3.63, 3.8) is 0 Å². The number of hydrogen-bond acceptors (Lipinski definition) is 11. The predicted octanol–water partition coefficient (Wildman–Crippen LogP) is -0.120. The van der Waals surface area contributed by atoms with Crippen LogP contribution >= 0.6 is 0 Å². The zero-order valence-corrected chi connectivity index (χ0v) is 21.4. The Morgan fingerprint density at radius 3 is 2.39 bits per heavy atom. The van der Waals surface area contributed by atoms with E-state index in [4.69, 9.17) is 23.7 Å². The number of hydrogen-bond donors (Lipinski definition) is 3. The van der Waals surface area contributed by atoms with Crippen LogP contribution in [0.3, 0.4) is 0 Å². The summed E-state index contributed by atoms with van der Waals surface area (Å²) in [7, 11) is 1.43. The van der Waals surface area contributed by atoms with E-state index in [1.165, 1.54) is 34.0 Å². The zero-order chi connectivity index (χ0) is 26.7. The van der Waals surface area contributed by atoms with Crippen LogP contribution in [0.25, 0.3) is 0 Å². The molecule has 0 aromatic rings. The van der Waals surface area contributed by atoms with Crippen LogP contribution in [0.4, 0.5) is 0 Å². The van der Waals surface area contributed by atoms with Crippen molar-refractivity contribution in [1.82, 2.24) is 0 Å². The second-order valence-electron chi connectivity index (χ2n) is 10.8. The summed E-state index contributed by atoms with van der Waals surface area (Å²) >= 11 is 0. The van der Waals surface area contributed by atoms with Crippen molar-refractivity contribution in [2.45, 2.75) is 89.4 Å². The van der Waals surface area contributed by atoms with Crippen LogP contribution in [-0.2, 0) is 38.1 Å². The standard InChI is InChI=1S/C25H36O11/c1-10-18-21(34-13(4)27)25(31)11(2)23(30)35-17(25)7-14(9-32-6)15(28)8-16(33-12(3)26)24(18,5)22-20(36-22)19(10)29/h7,10-11,15-22,28-29,31H,8-9H2,1-6H3. The molecule has 2 aliphatic heterocycles. The minimum atomic E-state index is -2.07. The van der Waals surface area contributed by atoms with Gasteiger partial charge in [0, 0.05) is 38.7 Å². The lowest BCUT2D eigenvalue weighted by Gasteiger charge is -2.54. The molecule has 11 heteroatoms. The SMILES string of the molecule is COCC1=CC2OC(=O)C(C)C2(O)C(OC(C)=O)C2C(C)C(O)C3OC3C2(C)C(OC(C)=O)CC1O. The number of rotatable bonds is 4. The topological polar surface area (TPSA) is 161 Å². The number of aliphatic hydroxyl groups is 3. The van der Waals surface area contributed by atoms with Gasteiger partial charge < -0.3 is 39.0 Å². The number of carbonyl (C=O) groups is 3. The van der Waals surface area contributed by atoms with Gasteiger partial charge in [-0.25, -0.2) is 0 Å². The maximum atomic E-state index is 12.8. The first-order valence-corrected chi connectivity index (χ1v) is 12.3. The Hall–Kier alpha value is -2.05. The number of methoxy groups -OCH3 is 1. The summed E-state index contributed by atoms with van der Waals surface area (Å²) in [5, 5.41) is 34.5. The van der Waals surface area contributed by atoms with Crippen LogP contribution in [-0.4, -0.2) is 95.3 Å². The Bertz CT molecular complexity index is 948. The summed E-state index contributed by atoms with van der Waals surface area (Å²) in [6, 6.07) is 0. The average Bonchev–Trinajstić information content (AvgIpc) is 3.57. The van der Waals surface area contributed by atoms with E-state index in [0.717, 1.165) is 0 Å². The van der Waals surface area contributed by atoms with Gasteiger partial charge >= 0.3 is 17.9 Å². The quantitative estimate of drug-likeness (QED) is 0.199. The Labute approximate surface area is 209 Å². The van der Waals surface area contributed by atoms with Crippen molar-refractivity contribution in [2.75, 3.05) is 13.7 Å². The summed E-state index contributed by atoms with van der Waals surface area (Å²) in [5.41, 5.74) is -2.89. The Kier molecular flexibility index (Phi) is 7.02. The van der Waals surface area contributed by atoms with Gasteiger partial charge in [-0.15, -0.1) is 0 Å². The summed E-state index contributed by atoms with van der Waals surface area (Å²) in [6.45, 7) is 7.39. The van der Waals surface area contributed by atoms with Crippen LogP contribution in [0, 0.1) is 23.2 Å². The van der Waals surface area contributed by atoms with Crippen molar-refractivity contribution < 1.29 is 53.4 Å². The van der Waals surface area contributed by atoms with Gasteiger partial charge in [-0.2, -0.15) is 0 Å². The average molecular weight is 513 g/mol. The van der Waals surface area contributed by atoms with Gasteiger partial charge in [-0.3, -0.25) is 14.4 Å². The smallest absolute Gasteiger partial charge is 0.312 e. The summed E-state index contributed by atoms with van der Waals surface area (Å²) in [5.74, 6) is -4.59. The maximum absolute atomic E-state index is 12.8. The first-order chi connectivity index (χ1) is 16.8. The molecule has 202 valence electrons. The van der Waals surface area contributed by atoms with Crippen LogP contribution in [0.2, 0.25) is 0 Å². The van der Waals surface area contributed by atoms with Gasteiger partial charge in [0.05, 0.1) is 30.8 Å². The monoisotopic (exact) mass is 512 g/mol. The molecule has 2 saturated heterocycles. The van der Waals surface area contributed by atoms with E-state index in [9.17, 15) is 29.7 Å². The molecule has 0 aromatic heterocycles. The van der Waals surface area contributed by atoms with E-state index in [1.54, 1.807) is 13.8 Å². The summed E-state index contributed by atoms with van der Waals surface area (Å²) in [6.07, 6.45) is -5.55. The lowest BCUT2D eigenvalue weighted by atomic mass is 9.53. The third-order valence-corrected chi connectivity index (χ3v) is 8.66. The third-order valence-electron chi connectivity index (χ3n) is 8.66. The molecular weight excluding hydrogens is 476 g/mol. The molecule has 1 saturated carbocycles. The highest BCUT2D eigenvalue weighted by Crippen LogP contribution is 2.61. The number of epoxide rings is 1. The van der Waals surface area contributed by atoms with Crippen molar-refractivity contribution >= 4 is 17.9 Å². The number of fused-ring (bicyclic) bond motifs is 4. The van der Waals surface area contributed by atoms with Crippen molar-refractivity contribution in [1.29, 1.82) is 0 Å². The fourth-order valence-electron chi connectivity index (χ4n) is 6.72.